The molecular formula is C17H18N6O. The third kappa shape index (κ3) is 2.80. The monoisotopic (exact) mass is 322 g/mol. The molecule has 1 aromatic carbocycles. The highest BCUT2D eigenvalue weighted by Crippen LogP contribution is 2.21. The number of nitrogens with zero attached hydrogens (tertiary/aromatic N) is 5. The smallest absolute Gasteiger partial charge is 0.242 e. The van der Waals surface area contributed by atoms with Gasteiger partial charge in [-0.25, -0.2) is 14.6 Å². The van der Waals surface area contributed by atoms with Crippen LogP contribution in [-0.4, -0.2) is 38.6 Å². The van der Waals surface area contributed by atoms with Gasteiger partial charge in [-0.15, -0.1) is 0 Å². The predicted octanol–water partition coefficient (Wildman–Crippen LogP) is 1.81. The number of amides is 1. The van der Waals surface area contributed by atoms with Gasteiger partial charge in [-0.3, -0.25) is 15.2 Å². The number of fused-ring (bicyclic) bond motifs is 1. The van der Waals surface area contributed by atoms with Gasteiger partial charge in [-0.1, -0.05) is 12.1 Å². The molecule has 2 aromatic heterocycles. The van der Waals surface area contributed by atoms with E-state index in [0.29, 0.717) is 0 Å². The average molecular weight is 322 g/mol. The molecule has 1 aliphatic heterocycles. The van der Waals surface area contributed by atoms with Gasteiger partial charge in [-0.05, 0) is 25.0 Å². The molecule has 0 bridgehead atoms. The Bertz CT molecular complexity index is 838. The van der Waals surface area contributed by atoms with Crippen molar-refractivity contribution in [2.45, 2.75) is 12.8 Å². The van der Waals surface area contributed by atoms with Gasteiger partial charge in [0.05, 0.1) is 17.2 Å². The number of carbonyl (C=O) groups excluding carboxylic acids is 1. The number of carbonyl (C=O) groups is 1. The molecule has 7 heteroatoms. The van der Waals surface area contributed by atoms with Gasteiger partial charge in [0.1, 0.15) is 12.1 Å². The first-order chi connectivity index (χ1) is 11.8. The lowest BCUT2D eigenvalue weighted by Gasteiger charge is -2.31. The zero-order valence-corrected chi connectivity index (χ0v) is 13.2. The first-order valence-electron chi connectivity index (χ1n) is 8.05. The molecule has 1 amide bonds. The van der Waals surface area contributed by atoms with Gasteiger partial charge < -0.3 is 4.90 Å². The van der Waals surface area contributed by atoms with Crippen molar-refractivity contribution in [2.24, 2.45) is 5.92 Å². The Labute approximate surface area is 139 Å². The summed E-state index contributed by atoms with van der Waals surface area (Å²) in [5.74, 6) is 0.910. The fourth-order valence-corrected chi connectivity index (χ4v) is 3.08. The number of benzene rings is 1. The van der Waals surface area contributed by atoms with Crippen molar-refractivity contribution in [3.05, 3.63) is 49.2 Å². The van der Waals surface area contributed by atoms with Crippen molar-refractivity contribution in [3.8, 4) is 0 Å². The lowest BCUT2D eigenvalue weighted by molar-refractivity contribution is -0.121. The number of piperidine rings is 1. The third-order valence-electron chi connectivity index (χ3n) is 4.42. The number of hydrogen-bond acceptors (Lipinski definition) is 5. The van der Waals surface area contributed by atoms with Gasteiger partial charge in [-0.2, -0.15) is 0 Å². The first-order valence-corrected chi connectivity index (χ1v) is 8.05. The fourth-order valence-electron chi connectivity index (χ4n) is 3.08. The van der Waals surface area contributed by atoms with E-state index < -0.39 is 0 Å². The Morgan fingerprint density at radius 3 is 2.75 bits per heavy atom. The summed E-state index contributed by atoms with van der Waals surface area (Å²) in [4.78, 5) is 27.4. The molecule has 3 heterocycles. The highest BCUT2D eigenvalue weighted by Gasteiger charge is 2.26. The van der Waals surface area contributed by atoms with Crippen LogP contribution in [0.25, 0.3) is 11.0 Å². The van der Waals surface area contributed by atoms with Crippen molar-refractivity contribution < 1.29 is 4.79 Å². The van der Waals surface area contributed by atoms with E-state index in [1.165, 1.54) is 0 Å². The maximum atomic E-state index is 12.5. The number of para-hydroxylation sites is 2. The van der Waals surface area contributed by atoms with Crippen molar-refractivity contribution >= 4 is 22.8 Å². The molecular weight excluding hydrogens is 304 g/mol. The number of rotatable bonds is 3. The molecule has 1 saturated heterocycles. The molecule has 0 atom stereocenters. The molecule has 24 heavy (non-hydrogen) atoms. The van der Waals surface area contributed by atoms with Gasteiger partial charge in [0.25, 0.3) is 0 Å². The lowest BCUT2D eigenvalue weighted by atomic mass is 9.96. The Morgan fingerprint density at radius 2 is 1.96 bits per heavy atom. The van der Waals surface area contributed by atoms with Crippen LogP contribution < -0.4 is 10.3 Å². The van der Waals surface area contributed by atoms with Gasteiger partial charge in [0.2, 0.25) is 5.91 Å². The summed E-state index contributed by atoms with van der Waals surface area (Å²) in [7, 11) is 0. The Hall–Kier alpha value is -2.96. The minimum absolute atomic E-state index is 0.000848. The molecule has 3 aromatic rings. The zero-order chi connectivity index (χ0) is 16.4. The van der Waals surface area contributed by atoms with E-state index in [-0.39, 0.29) is 11.8 Å². The van der Waals surface area contributed by atoms with E-state index in [0.717, 1.165) is 42.8 Å². The summed E-state index contributed by atoms with van der Waals surface area (Å²) in [5.41, 5.74) is 4.73. The summed E-state index contributed by atoms with van der Waals surface area (Å²) in [6.07, 6.45) is 8.37. The SMILES string of the molecule is O=C(Nn1cnc2ccccc21)C1CCN(c2cnccn2)CC1. The zero-order valence-electron chi connectivity index (χ0n) is 13.2. The summed E-state index contributed by atoms with van der Waals surface area (Å²) in [6.45, 7) is 1.61. The highest BCUT2D eigenvalue weighted by molar-refractivity contribution is 5.88. The molecule has 122 valence electrons. The molecule has 0 spiro atoms. The molecule has 0 saturated carbocycles. The van der Waals surface area contributed by atoms with E-state index in [4.69, 9.17) is 0 Å². The topological polar surface area (TPSA) is 75.9 Å². The van der Waals surface area contributed by atoms with E-state index >= 15 is 0 Å². The largest absolute Gasteiger partial charge is 0.355 e. The molecule has 0 radical (unpaired) electrons. The second-order valence-corrected chi connectivity index (χ2v) is 5.90. The van der Waals surface area contributed by atoms with Crippen LogP contribution in [-0.2, 0) is 4.79 Å². The van der Waals surface area contributed by atoms with Gasteiger partial charge in [0.15, 0.2) is 0 Å². The number of hydrogen-bond donors (Lipinski definition) is 1. The molecule has 0 unspecified atom stereocenters. The van der Waals surface area contributed by atoms with E-state index in [1.807, 2.05) is 24.3 Å². The number of imidazole rings is 1. The standard InChI is InChI=1S/C17H18N6O/c24-17(21-23-12-20-14-3-1-2-4-15(14)23)13-5-9-22(10-6-13)16-11-18-7-8-19-16/h1-4,7-8,11-13H,5-6,9-10H2,(H,21,24). The third-order valence-corrected chi connectivity index (χ3v) is 4.42. The van der Waals surface area contributed by atoms with E-state index in [9.17, 15) is 4.79 Å². The summed E-state index contributed by atoms with van der Waals surface area (Å²) in [5, 5.41) is 0. The van der Waals surface area contributed by atoms with E-state index in [1.54, 1.807) is 29.6 Å². The summed E-state index contributed by atoms with van der Waals surface area (Å²) >= 11 is 0. The molecule has 4 rings (SSSR count). The summed E-state index contributed by atoms with van der Waals surface area (Å²) < 4.78 is 1.70. The molecule has 0 aliphatic carbocycles. The van der Waals surface area contributed by atoms with Crippen LogP contribution in [0.5, 0.6) is 0 Å². The number of nitrogens with one attached hydrogen (secondary N) is 1. The second-order valence-electron chi connectivity index (χ2n) is 5.90. The Morgan fingerprint density at radius 1 is 1.12 bits per heavy atom. The predicted molar refractivity (Wildman–Crippen MR) is 91.1 cm³/mol. The van der Waals surface area contributed by atoms with Crippen molar-refractivity contribution in [3.63, 3.8) is 0 Å². The molecule has 7 nitrogen and oxygen atoms in total. The van der Waals surface area contributed by atoms with Crippen LogP contribution in [0.2, 0.25) is 0 Å². The maximum absolute atomic E-state index is 12.5. The van der Waals surface area contributed by atoms with Crippen LogP contribution in [0.3, 0.4) is 0 Å². The first kappa shape index (κ1) is 14.6. The minimum Gasteiger partial charge on any atom is -0.355 e. The van der Waals surface area contributed by atoms with E-state index in [2.05, 4.69) is 25.3 Å². The lowest BCUT2D eigenvalue weighted by Crippen LogP contribution is -2.40. The Kier molecular flexibility index (Phi) is 3.82. The minimum atomic E-state index is -0.000848. The molecule has 1 aliphatic rings. The van der Waals surface area contributed by atoms with Crippen molar-refractivity contribution in [1.29, 1.82) is 0 Å². The fraction of sp³-hybridized carbons (Fsp3) is 0.294. The maximum Gasteiger partial charge on any atom is 0.242 e. The van der Waals surface area contributed by atoms with Crippen LogP contribution >= 0.6 is 0 Å². The average Bonchev–Trinajstić information content (AvgIpc) is 3.06. The normalized spacial score (nSPS) is 15.6. The summed E-state index contributed by atoms with van der Waals surface area (Å²) in [6, 6.07) is 7.74. The van der Waals surface area contributed by atoms with Gasteiger partial charge in [0, 0.05) is 31.4 Å². The van der Waals surface area contributed by atoms with Crippen LogP contribution in [0, 0.1) is 5.92 Å². The van der Waals surface area contributed by atoms with Crippen molar-refractivity contribution in [1.82, 2.24) is 19.6 Å². The van der Waals surface area contributed by atoms with Crippen LogP contribution in [0.1, 0.15) is 12.8 Å². The number of anilines is 1. The highest BCUT2D eigenvalue weighted by atomic mass is 16.2. The molecule has 1 N–H and O–H groups in total. The number of aromatic nitrogens is 4. The quantitative estimate of drug-likeness (QED) is 0.796. The molecule has 1 fully saturated rings. The van der Waals surface area contributed by atoms with Gasteiger partial charge >= 0.3 is 0 Å². The van der Waals surface area contributed by atoms with Crippen LogP contribution in [0.15, 0.2) is 49.2 Å². The van der Waals surface area contributed by atoms with Crippen LogP contribution in [0.4, 0.5) is 5.82 Å². The second kappa shape index (κ2) is 6.27. The Balaban J connectivity index is 1.40. The van der Waals surface area contributed by atoms with Crippen molar-refractivity contribution in [2.75, 3.05) is 23.4 Å².